The minimum atomic E-state index is -4.54. The van der Waals surface area contributed by atoms with E-state index < -0.39 is 17.8 Å². The van der Waals surface area contributed by atoms with E-state index in [0.717, 1.165) is 22.5 Å². The number of rotatable bonds is 5. The van der Waals surface area contributed by atoms with Crippen molar-refractivity contribution in [3.8, 4) is 11.5 Å². The lowest BCUT2D eigenvalue weighted by atomic mass is 10.1. The lowest BCUT2D eigenvalue weighted by Gasteiger charge is -2.13. The molecule has 6 nitrogen and oxygen atoms in total. The van der Waals surface area contributed by atoms with Gasteiger partial charge in [-0.05, 0) is 24.6 Å². The molecule has 9 heteroatoms. The Balaban J connectivity index is 2.11. The highest BCUT2D eigenvalue weighted by Crippen LogP contribution is 2.33. The van der Waals surface area contributed by atoms with Crippen molar-refractivity contribution < 1.29 is 27.4 Å². The van der Waals surface area contributed by atoms with Gasteiger partial charge in [0.2, 0.25) is 5.91 Å². The molecule has 130 valence electrons. The molecule has 0 aliphatic carbocycles. The minimum Gasteiger partial charge on any atom is -0.493 e. The zero-order valence-electron chi connectivity index (χ0n) is 13.3. The summed E-state index contributed by atoms with van der Waals surface area (Å²) in [4.78, 5) is 12.0. The molecule has 0 aliphatic rings. The molecule has 1 aromatic heterocycles. The van der Waals surface area contributed by atoms with E-state index in [-0.39, 0.29) is 6.54 Å². The van der Waals surface area contributed by atoms with Crippen molar-refractivity contribution in [3.05, 3.63) is 35.7 Å². The third-order valence-electron chi connectivity index (χ3n) is 3.24. The van der Waals surface area contributed by atoms with Crippen LogP contribution in [0.2, 0.25) is 0 Å². The normalized spacial score (nSPS) is 11.2. The van der Waals surface area contributed by atoms with Gasteiger partial charge in [0.05, 0.1) is 14.2 Å². The summed E-state index contributed by atoms with van der Waals surface area (Å²) in [6, 6.07) is 4.08. The number of nitrogens with one attached hydrogen (secondary N) is 1. The molecule has 1 N–H and O–H groups in total. The molecule has 1 amide bonds. The fourth-order valence-electron chi connectivity index (χ4n) is 2.05. The van der Waals surface area contributed by atoms with Gasteiger partial charge in [-0.25, -0.2) is 0 Å². The smallest absolute Gasteiger partial charge is 0.435 e. The van der Waals surface area contributed by atoms with Gasteiger partial charge in [-0.3, -0.25) is 9.48 Å². The average Bonchev–Trinajstić information content (AvgIpc) is 2.97. The number of carbonyl (C=O) groups excluding carboxylic acids is 1. The molecule has 1 heterocycles. The van der Waals surface area contributed by atoms with Gasteiger partial charge in [-0.2, -0.15) is 18.3 Å². The fraction of sp³-hybridized carbons (Fsp3) is 0.333. The summed E-state index contributed by atoms with van der Waals surface area (Å²) in [5.74, 6) is 0.425. The first-order valence-electron chi connectivity index (χ1n) is 6.87. The number of hydrogen-bond acceptors (Lipinski definition) is 4. The third kappa shape index (κ3) is 3.98. The van der Waals surface area contributed by atoms with Crippen molar-refractivity contribution in [2.75, 3.05) is 19.5 Å². The molecule has 0 saturated heterocycles. The largest absolute Gasteiger partial charge is 0.493 e. The number of ether oxygens (including phenoxy) is 2. The Labute approximate surface area is 136 Å². The Morgan fingerprint density at radius 2 is 1.88 bits per heavy atom. The highest BCUT2D eigenvalue weighted by atomic mass is 19.4. The topological polar surface area (TPSA) is 65.4 Å². The molecular weight excluding hydrogens is 327 g/mol. The Bertz CT molecular complexity index is 741. The fourth-order valence-corrected chi connectivity index (χ4v) is 2.05. The number of aromatic nitrogens is 2. The summed E-state index contributed by atoms with van der Waals surface area (Å²) in [7, 11) is 2.95. The molecule has 0 saturated carbocycles. The zero-order valence-corrected chi connectivity index (χ0v) is 13.3. The Morgan fingerprint density at radius 1 is 1.25 bits per heavy atom. The Hall–Kier alpha value is -2.71. The van der Waals surface area contributed by atoms with Crippen molar-refractivity contribution in [3.63, 3.8) is 0 Å². The van der Waals surface area contributed by atoms with Crippen LogP contribution in [0.1, 0.15) is 11.3 Å². The van der Waals surface area contributed by atoms with Crippen molar-refractivity contribution in [1.29, 1.82) is 0 Å². The van der Waals surface area contributed by atoms with Gasteiger partial charge < -0.3 is 14.8 Å². The van der Waals surface area contributed by atoms with E-state index >= 15 is 0 Å². The molecular formula is C15H16F3N3O3. The first-order chi connectivity index (χ1) is 11.2. The molecule has 0 radical (unpaired) electrons. The highest BCUT2D eigenvalue weighted by Gasteiger charge is 2.33. The lowest BCUT2D eigenvalue weighted by molar-refractivity contribution is -0.141. The van der Waals surface area contributed by atoms with Gasteiger partial charge in [0.25, 0.3) is 0 Å². The highest BCUT2D eigenvalue weighted by molar-refractivity contribution is 5.91. The standard InChI is InChI=1S/C15H16F3N3O3/c1-9-6-11(23-2)12(24-3)7-10(9)19-14(22)8-21-5-4-13(20-21)15(16,17)18/h4-7H,8H2,1-3H3,(H,19,22). The molecule has 0 spiro atoms. The maximum atomic E-state index is 12.5. The Morgan fingerprint density at radius 3 is 2.42 bits per heavy atom. The molecule has 0 fully saturated rings. The van der Waals surface area contributed by atoms with E-state index in [4.69, 9.17) is 9.47 Å². The Kier molecular flexibility index (Phi) is 5.01. The van der Waals surface area contributed by atoms with E-state index in [0.29, 0.717) is 17.2 Å². The van der Waals surface area contributed by atoms with Gasteiger partial charge in [-0.15, -0.1) is 0 Å². The number of halogens is 3. The quantitative estimate of drug-likeness (QED) is 0.907. The summed E-state index contributed by atoms with van der Waals surface area (Å²) in [5.41, 5.74) is 0.149. The van der Waals surface area contributed by atoms with Crippen molar-refractivity contribution in [2.45, 2.75) is 19.6 Å². The number of aryl methyl sites for hydroxylation is 1. The predicted molar refractivity (Wildman–Crippen MR) is 80.1 cm³/mol. The second-order valence-electron chi connectivity index (χ2n) is 4.97. The molecule has 0 bridgehead atoms. The van der Waals surface area contributed by atoms with Crippen LogP contribution in [-0.4, -0.2) is 29.9 Å². The second-order valence-corrected chi connectivity index (χ2v) is 4.97. The molecule has 24 heavy (non-hydrogen) atoms. The number of hydrogen-bond donors (Lipinski definition) is 1. The number of carbonyl (C=O) groups is 1. The van der Waals surface area contributed by atoms with Gasteiger partial charge in [0, 0.05) is 18.0 Å². The van der Waals surface area contributed by atoms with Crippen molar-refractivity contribution in [1.82, 2.24) is 9.78 Å². The van der Waals surface area contributed by atoms with Gasteiger partial charge in [0.1, 0.15) is 6.54 Å². The second kappa shape index (κ2) is 6.81. The number of nitrogens with zero attached hydrogens (tertiary/aromatic N) is 2. The van der Waals surface area contributed by atoms with Crippen LogP contribution in [-0.2, 0) is 17.5 Å². The van der Waals surface area contributed by atoms with E-state index in [2.05, 4.69) is 10.4 Å². The summed E-state index contributed by atoms with van der Waals surface area (Å²) < 4.78 is 48.7. The number of methoxy groups -OCH3 is 2. The molecule has 0 unspecified atom stereocenters. The summed E-state index contributed by atoms with van der Waals surface area (Å²) in [6.45, 7) is 1.41. The first kappa shape index (κ1) is 17.6. The van der Waals surface area contributed by atoms with Gasteiger partial charge in [-0.1, -0.05) is 0 Å². The predicted octanol–water partition coefficient (Wildman–Crippen LogP) is 2.87. The van der Waals surface area contributed by atoms with Crippen LogP contribution in [0.5, 0.6) is 11.5 Å². The molecule has 2 rings (SSSR count). The van der Waals surface area contributed by atoms with E-state index in [1.165, 1.54) is 14.2 Å². The monoisotopic (exact) mass is 343 g/mol. The average molecular weight is 343 g/mol. The number of amides is 1. The van der Waals surface area contributed by atoms with Crippen molar-refractivity contribution in [2.24, 2.45) is 0 Å². The van der Waals surface area contributed by atoms with Crippen LogP contribution in [0.25, 0.3) is 0 Å². The van der Waals surface area contributed by atoms with E-state index in [1.807, 2.05) is 0 Å². The van der Waals surface area contributed by atoms with Crippen LogP contribution in [0, 0.1) is 6.92 Å². The maximum absolute atomic E-state index is 12.5. The van der Waals surface area contributed by atoms with Crippen LogP contribution >= 0.6 is 0 Å². The first-order valence-corrected chi connectivity index (χ1v) is 6.87. The number of anilines is 1. The summed E-state index contributed by atoms with van der Waals surface area (Å²) in [5, 5.41) is 5.95. The SMILES string of the molecule is COc1cc(C)c(NC(=O)Cn2ccc(C(F)(F)F)n2)cc1OC. The van der Waals surface area contributed by atoms with E-state index in [9.17, 15) is 18.0 Å². The molecule has 1 aromatic carbocycles. The summed E-state index contributed by atoms with van der Waals surface area (Å²) in [6.07, 6.45) is -3.44. The van der Waals surface area contributed by atoms with Gasteiger partial charge in [0.15, 0.2) is 17.2 Å². The van der Waals surface area contributed by atoms with E-state index in [1.54, 1.807) is 19.1 Å². The number of benzene rings is 1. The molecule has 0 atom stereocenters. The van der Waals surface area contributed by atoms with Crippen LogP contribution < -0.4 is 14.8 Å². The van der Waals surface area contributed by atoms with Gasteiger partial charge >= 0.3 is 6.18 Å². The molecule has 2 aromatic rings. The van der Waals surface area contributed by atoms with Crippen LogP contribution in [0.3, 0.4) is 0 Å². The minimum absolute atomic E-state index is 0.343. The van der Waals surface area contributed by atoms with Crippen molar-refractivity contribution >= 4 is 11.6 Å². The number of alkyl halides is 3. The lowest BCUT2D eigenvalue weighted by Crippen LogP contribution is -2.20. The molecule has 0 aliphatic heterocycles. The third-order valence-corrected chi connectivity index (χ3v) is 3.24. The maximum Gasteiger partial charge on any atom is 0.435 e. The van der Waals surface area contributed by atoms with Crippen LogP contribution in [0.15, 0.2) is 24.4 Å². The zero-order chi connectivity index (χ0) is 17.9. The van der Waals surface area contributed by atoms with Crippen LogP contribution in [0.4, 0.5) is 18.9 Å². The summed E-state index contributed by atoms with van der Waals surface area (Å²) >= 11 is 0.